The van der Waals surface area contributed by atoms with Crippen LogP contribution in [0.3, 0.4) is 0 Å². The lowest BCUT2D eigenvalue weighted by Gasteiger charge is -2.09. The van der Waals surface area contributed by atoms with Gasteiger partial charge in [-0.1, -0.05) is 18.2 Å². The van der Waals surface area contributed by atoms with Crippen molar-refractivity contribution in [2.45, 2.75) is 6.92 Å². The molecule has 21 heavy (non-hydrogen) atoms. The highest BCUT2D eigenvalue weighted by Crippen LogP contribution is 2.28. The molecule has 0 radical (unpaired) electrons. The molecule has 3 aromatic rings. The molecule has 106 valence electrons. The number of halogens is 1. The largest absolute Gasteiger partial charge is 0.434 e. The summed E-state index contributed by atoms with van der Waals surface area (Å²) in [5, 5.41) is 3.83. The lowest BCUT2D eigenvalue weighted by Crippen LogP contribution is -2.04. The molecule has 0 atom stereocenters. The Labute approximate surface area is 120 Å². The predicted molar refractivity (Wildman–Crippen MR) is 78.0 cm³/mol. The van der Waals surface area contributed by atoms with Gasteiger partial charge in [0.15, 0.2) is 5.75 Å². The van der Waals surface area contributed by atoms with Gasteiger partial charge in [-0.25, -0.2) is 4.98 Å². The third-order valence-corrected chi connectivity index (χ3v) is 2.85. The van der Waals surface area contributed by atoms with E-state index in [0.717, 1.165) is 11.6 Å². The van der Waals surface area contributed by atoms with E-state index in [4.69, 9.17) is 4.74 Å². The standard InChI is InChI=1S/C15H13FN4O/c1-2-17-15-19-9-11(16)14(20-15)21-12-7-3-5-10-6-4-8-18-13(10)12/h3-9H,2H2,1H3,(H,17,19,20). The summed E-state index contributed by atoms with van der Waals surface area (Å²) in [5.74, 6) is 0.0268. The summed E-state index contributed by atoms with van der Waals surface area (Å²) < 4.78 is 19.4. The van der Waals surface area contributed by atoms with Crippen LogP contribution in [0.15, 0.2) is 42.7 Å². The second kappa shape index (κ2) is 5.70. The maximum absolute atomic E-state index is 13.8. The lowest BCUT2D eigenvalue weighted by molar-refractivity contribution is 0.424. The predicted octanol–water partition coefficient (Wildman–Crippen LogP) is 3.39. The van der Waals surface area contributed by atoms with Crippen LogP contribution in [-0.4, -0.2) is 21.5 Å². The van der Waals surface area contributed by atoms with E-state index in [1.165, 1.54) is 0 Å². The Morgan fingerprint density at radius 1 is 1.19 bits per heavy atom. The number of aromatic nitrogens is 3. The zero-order valence-electron chi connectivity index (χ0n) is 11.4. The number of hydrogen-bond acceptors (Lipinski definition) is 5. The number of nitrogens with one attached hydrogen (secondary N) is 1. The van der Waals surface area contributed by atoms with Gasteiger partial charge in [-0.3, -0.25) is 4.98 Å². The number of pyridine rings is 1. The minimum atomic E-state index is -0.621. The highest BCUT2D eigenvalue weighted by Gasteiger charge is 2.11. The number of para-hydroxylation sites is 1. The summed E-state index contributed by atoms with van der Waals surface area (Å²) >= 11 is 0. The third kappa shape index (κ3) is 2.74. The molecule has 1 aromatic carbocycles. The molecule has 0 unspecified atom stereocenters. The molecule has 6 heteroatoms. The fourth-order valence-electron chi connectivity index (χ4n) is 1.93. The first-order chi connectivity index (χ1) is 10.3. The monoisotopic (exact) mass is 284 g/mol. The summed E-state index contributed by atoms with van der Waals surface area (Å²) in [6.07, 6.45) is 2.74. The van der Waals surface area contributed by atoms with Crippen molar-refractivity contribution in [1.29, 1.82) is 0 Å². The van der Waals surface area contributed by atoms with E-state index in [9.17, 15) is 4.39 Å². The smallest absolute Gasteiger partial charge is 0.260 e. The van der Waals surface area contributed by atoms with Crippen molar-refractivity contribution in [2.75, 3.05) is 11.9 Å². The third-order valence-electron chi connectivity index (χ3n) is 2.85. The van der Waals surface area contributed by atoms with Crippen molar-refractivity contribution in [3.8, 4) is 11.6 Å². The molecule has 3 rings (SSSR count). The maximum Gasteiger partial charge on any atom is 0.260 e. The molecule has 0 aliphatic rings. The maximum atomic E-state index is 13.8. The number of benzene rings is 1. The van der Waals surface area contributed by atoms with E-state index in [1.807, 2.05) is 31.2 Å². The summed E-state index contributed by atoms with van der Waals surface area (Å²) in [7, 11) is 0. The highest BCUT2D eigenvalue weighted by atomic mass is 19.1. The van der Waals surface area contributed by atoms with Crippen LogP contribution in [0.5, 0.6) is 11.6 Å². The highest BCUT2D eigenvalue weighted by molar-refractivity contribution is 5.84. The van der Waals surface area contributed by atoms with Gasteiger partial charge in [0.1, 0.15) is 5.52 Å². The SMILES string of the molecule is CCNc1ncc(F)c(Oc2cccc3cccnc23)n1. The van der Waals surface area contributed by atoms with Gasteiger partial charge in [-0.15, -0.1) is 0 Å². The van der Waals surface area contributed by atoms with Gasteiger partial charge in [-0.2, -0.15) is 9.37 Å². The second-order valence-electron chi connectivity index (χ2n) is 4.31. The van der Waals surface area contributed by atoms with E-state index >= 15 is 0 Å². The van der Waals surface area contributed by atoms with Crippen molar-refractivity contribution in [3.63, 3.8) is 0 Å². The number of hydrogen-bond donors (Lipinski definition) is 1. The molecule has 0 aliphatic heterocycles. The molecule has 0 bridgehead atoms. The van der Waals surface area contributed by atoms with E-state index in [1.54, 1.807) is 12.3 Å². The van der Waals surface area contributed by atoms with Gasteiger partial charge in [0.25, 0.3) is 5.88 Å². The van der Waals surface area contributed by atoms with Gasteiger partial charge in [0.05, 0.1) is 6.20 Å². The van der Waals surface area contributed by atoms with Crippen LogP contribution < -0.4 is 10.1 Å². The molecule has 0 amide bonds. The van der Waals surface area contributed by atoms with Crippen LogP contribution in [0.2, 0.25) is 0 Å². The van der Waals surface area contributed by atoms with Crippen molar-refractivity contribution in [3.05, 3.63) is 48.5 Å². The molecule has 2 heterocycles. The number of nitrogens with zero attached hydrogens (tertiary/aromatic N) is 3. The van der Waals surface area contributed by atoms with Crippen LogP contribution in [0, 0.1) is 5.82 Å². The molecule has 0 spiro atoms. The van der Waals surface area contributed by atoms with Gasteiger partial charge in [-0.05, 0) is 19.1 Å². The Morgan fingerprint density at radius 3 is 2.90 bits per heavy atom. The van der Waals surface area contributed by atoms with Gasteiger partial charge >= 0.3 is 0 Å². The van der Waals surface area contributed by atoms with Crippen molar-refractivity contribution in [1.82, 2.24) is 15.0 Å². The Morgan fingerprint density at radius 2 is 2.05 bits per heavy atom. The molecule has 0 fully saturated rings. The quantitative estimate of drug-likeness (QED) is 0.795. The minimum absolute atomic E-state index is 0.126. The zero-order chi connectivity index (χ0) is 14.7. The van der Waals surface area contributed by atoms with Crippen molar-refractivity contribution in [2.24, 2.45) is 0 Å². The number of ether oxygens (including phenoxy) is 1. The second-order valence-corrected chi connectivity index (χ2v) is 4.31. The average molecular weight is 284 g/mol. The number of rotatable bonds is 4. The van der Waals surface area contributed by atoms with Crippen LogP contribution in [0.25, 0.3) is 10.9 Å². The molecular weight excluding hydrogens is 271 g/mol. The summed E-state index contributed by atoms with van der Waals surface area (Å²) in [5.41, 5.74) is 0.656. The van der Waals surface area contributed by atoms with Crippen molar-refractivity contribution < 1.29 is 9.13 Å². The molecule has 1 N–H and O–H groups in total. The Hall–Kier alpha value is -2.76. The zero-order valence-corrected chi connectivity index (χ0v) is 11.4. The van der Waals surface area contributed by atoms with Gasteiger partial charge < -0.3 is 10.1 Å². The molecule has 0 saturated carbocycles. The summed E-state index contributed by atoms with van der Waals surface area (Å²) in [4.78, 5) is 12.1. The summed E-state index contributed by atoms with van der Waals surface area (Å²) in [6.45, 7) is 2.54. The Kier molecular flexibility index (Phi) is 3.59. The minimum Gasteiger partial charge on any atom is -0.434 e. The van der Waals surface area contributed by atoms with Crippen LogP contribution >= 0.6 is 0 Å². The number of fused-ring (bicyclic) bond motifs is 1. The average Bonchev–Trinajstić information content (AvgIpc) is 2.51. The van der Waals surface area contributed by atoms with Crippen LogP contribution in [-0.2, 0) is 0 Å². The number of anilines is 1. The normalized spacial score (nSPS) is 10.6. The first kappa shape index (κ1) is 13.2. The van der Waals surface area contributed by atoms with Crippen molar-refractivity contribution >= 4 is 16.9 Å². The topological polar surface area (TPSA) is 59.9 Å². The molecule has 0 saturated heterocycles. The first-order valence-corrected chi connectivity index (χ1v) is 6.56. The first-order valence-electron chi connectivity index (χ1n) is 6.56. The fraction of sp³-hybridized carbons (Fsp3) is 0.133. The van der Waals surface area contributed by atoms with E-state index in [2.05, 4.69) is 20.3 Å². The van der Waals surface area contributed by atoms with Gasteiger partial charge in [0.2, 0.25) is 11.8 Å². The van der Waals surface area contributed by atoms with Crippen LogP contribution in [0.1, 0.15) is 6.92 Å². The van der Waals surface area contributed by atoms with Gasteiger partial charge in [0, 0.05) is 18.1 Å². The lowest BCUT2D eigenvalue weighted by atomic mass is 10.2. The molecular formula is C15H13FN4O. The van der Waals surface area contributed by atoms with E-state index in [-0.39, 0.29) is 5.88 Å². The van der Waals surface area contributed by atoms with E-state index in [0.29, 0.717) is 23.8 Å². The van der Waals surface area contributed by atoms with Crippen LogP contribution in [0.4, 0.5) is 10.3 Å². The Balaban J connectivity index is 2.00. The fourth-order valence-corrected chi connectivity index (χ4v) is 1.93. The molecule has 5 nitrogen and oxygen atoms in total. The Bertz CT molecular complexity index is 773. The molecule has 0 aliphatic carbocycles. The molecule has 2 aromatic heterocycles. The van der Waals surface area contributed by atoms with E-state index < -0.39 is 5.82 Å². The summed E-state index contributed by atoms with van der Waals surface area (Å²) in [6, 6.07) is 9.21.